The number of amides is 1. The summed E-state index contributed by atoms with van der Waals surface area (Å²) in [6.07, 6.45) is 3.42. The maximum Gasteiger partial charge on any atom is 0.227 e. The molecule has 1 fully saturated rings. The van der Waals surface area contributed by atoms with Gasteiger partial charge in [0.15, 0.2) is 0 Å². The van der Waals surface area contributed by atoms with Crippen LogP contribution in [0.2, 0.25) is 0 Å². The number of aryl methyl sites for hydroxylation is 1. The zero-order chi connectivity index (χ0) is 14.1. The molecule has 1 amide bonds. The Kier molecular flexibility index (Phi) is 3.79. The molecule has 0 bridgehead atoms. The molecule has 3 nitrogen and oxygen atoms in total. The van der Waals surface area contributed by atoms with Crippen LogP contribution in [0.4, 0.5) is 0 Å². The van der Waals surface area contributed by atoms with Crippen LogP contribution in [0, 0.1) is 11.8 Å². The molecule has 0 radical (unpaired) electrons. The molecule has 1 unspecified atom stereocenters. The van der Waals surface area contributed by atoms with E-state index in [4.69, 9.17) is 0 Å². The lowest BCUT2D eigenvalue weighted by atomic mass is 9.86. The van der Waals surface area contributed by atoms with Crippen LogP contribution < -0.4 is 5.32 Å². The minimum atomic E-state index is 0.147. The van der Waals surface area contributed by atoms with Crippen LogP contribution in [0.25, 0.3) is 0 Å². The van der Waals surface area contributed by atoms with E-state index in [0.717, 1.165) is 25.9 Å². The number of rotatable bonds is 2. The van der Waals surface area contributed by atoms with E-state index in [-0.39, 0.29) is 12.0 Å². The molecule has 1 aromatic rings. The molecule has 3 atom stereocenters. The van der Waals surface area contributed by atoms with Gasteiger partial charge in [0, 0.05) is 13.6 Å². The van der Waals surface area contributed by atoms with E-state index >= 15 is 0 Å². The van der Waals surface area contributed by atoms with Gasteiger partial charge in [0.25, 0.3) is 0 Å². The van der Waals surface area contributed by atoms with Crippen molar-refractivity contribution in [2.75, 3.05) is 20.1 Å². The Hall–Kier alpha value is -1.35. The van der Waals surface area contributed by atoms with E-state index in [0.29, 0.717) is 11.8 Å². The second-order valence-electron chi connectivity index (χ2n) is 6.30. The highest BCUT2D eigenvalue weighted by Crippen LogP contribution is 2.34. The summed E-state index contributed by atoms with van der Waals surface area (Å²) in [5.74, 6) is 0.905. The molecule has 3 heteroatoms. The molecule has 1 aliphatic heterocycles. The maximum atomic E-state index is 12.8. The van der Waals surface area contributed by atoms with Gasteiger partial charge in [0.1, 0.15) is 0 Å². The Labute approximate surface area is 121 Å². The van der Waals surface area contributed by atoms with Gasteiger partial charge in [-0.1, -0.05) is 31.2 Å². The van der Waals surface area contributed by atoms with Crippen LogP contribution >= 0.6 is 0 Å². The van der Waals surface area contributed by atoms with Crippen molar-refractivity contribution in [3.63, 3.8) is 0 Å². The van der Waals surface area contributed by atoms with Crippen LogP contribution in [-0.4, -0.2) is 30.9 Å². The first-order valence-electron chi connectivity index (χ1n) is 7.73. The maximum absolute atomic E-state index is 12.8. The minimum Gasteiger partial charge on any atom is -0.338 e. The third kappa shape index (κ3) is 2.35. The fraction of sp³-hybridized carbons (Fsp3) is 0.588. The number of carbonyl (C=O) groups is 1. The molecule has 0 spiro atoms. The van der Waals surface area contributed by atoms with E-state index in [2.05, 4.69) is 36.5 Å². The Balaban J connectivity index is 1.81. The summed E-state index contributed by atoms with van der Waals surface area (Å²) in [6.45, 7) is 3.97. The zero-order valence-corrected chi connectivity index (χ0v) is 12.4. The molecule has 0 aromatic heterocycles. The number of nitrogens with zero attached hydrogens (tertiary/aromatic N) is 1. The number of hydrogen-bond acceptors (Lipinski definition) is 2. The summed E-state index contributed by atoms with van der Waals surface area (Å²) < 4.78 is 0. The van der Waals surface area contributed by atoms with E-state index in [9.17, 15) is 4.79 Å². The molecule has 1 aliphatic carbocycles. The van der Waals surface area contributed by atoms with Crippen molar-refractivity contribution in [2.24, 2.45) is 11.8 Å². The molecule has 1 heterocycles. The van der Waals surface area contributed by atoms with Crippen molar-refractivity contribution in [1.82, 2.24) is 10.2 Å². The Morgan fingerprint density at radius 1 is 1.30 bits per heavy atom. The highest BCUT2D eigenvalue weighted by atomic mass is 16.2. The van der Waals surface area contributed by atoms with E-state index in [1.54, 1.807) is 0 Å². The summed E-state index contributed by atoms with van der Waals surface area (Å²) in [7, 11) is 1.99. The number of carbonyl (C=O) groups excluding carboxylic acids is 1. The third-order valence-corrected chi connectivity index (χ3v) is 4.99. The number of nitrogens with one attached hydrogen (secondary N) is 1. The first-order valence-corrected chi connectivity index (χ1v) is 7.73. The van der Waals surface area contributed by atoms with Crippen LogP contribution in [0.5, 0.6) is 0 Å². The summed E-state index contributed by atoms with van der Waals surface area (Å²) in [6, 6.07) is 8.86. The number of benzene rings is 1. The van der Waals surface area contributed by atoms with Crippen LogP contribution in [0.3, 0.4) is 0 Å². The Morgan fingerprint density at radius 3 is 2.85 bits per heavy atom. The van der Waals surface area contributed by atoms with E-state index in [1.165, 1.54) is 17.5 Å². The largest absolute Gasteiger partial charge is 0.338 e. The second-order valence-corrected chi connectivity index (χ2v) is 6.30. The average molecular weight is 272 g/mol. The van der Waals surface area contributed by atoms with Crippen molar-refractivity contribution in [3.8, 4) is 0 Å². The smallest absolute Gasteiger partial charge is 0.227 e. The van der Waals surface area contributed by atoms with Crippen LogP contribution in [-0.2, 0) is 11.2 Å². The summed E-state index contributed by atoms with van der Waals surface area (Å²) >= 11 is 0. The zero-order valence-electron chi connectivity index (χ0n) is 12.4. The second kappa shape index (κ2) is 5.57. The fourth-order valence-corrected chi connectivity index (χ4v) is 3.69. The Morgan fingerprint density at radius 2 is 2.10 bits per heavy atom. The van der Waals surface area contributed by atoms with Crippen LogP contribution in [0.15, 0.2) is 24.3 Å². The Bertz CT molecular complexity index is 500. The molecular weight excluding hydrogens is 248 g/mol. The van der Waals surface area contributed by atoms with Gasteiger partial charge in [-0.2, -0.15) is 0 Å². The lowest BCUT2D eigenvalue weighted by Crippen LogP contribution is -2.39. The minimum absolute atomic E-state index is 0.147. The van der Waals surface area contributed by atoms with Gasteiger partial charge < -0.3 is 10.2 Å². The van der Waals surface area contributed by atoms with Crippen molar-refractivity contribution in [3.05, 3.63) is 35.4 Å². The van der Waals surface area contributed by atoms with Crippen molar-refractivity contribution < 1.29 is 4.79 Å². The van der Waals surface area contributed by atoms with E-state index < -0.39 is 0 Å². The normalized spacial score (nSPS) is 29.0. The molecular formula is C17H24N2O. The third-order valence-electron chi connectivity index (χ3n) is 4.99. The van der Waals surface area contributed by atoms with Gasteiger partial charge in [-0.05, 0) is 42.9 Å². The van der Waals surface area contributed by atoms with Gasteiger partial charge in [-0.25, -0.2) is 0 Å². The predicted molar refractivity (Wildman–Crippen MR) is 80.4 cm³/mol. The van der Waals surface area contributed by atoms with Gasteiger partial charge in [0.2, 0.25) is 5.91 Å². The lowest BCUT2D eigenvalue weighted by molar-refractivity contribution is -0.137. The summed E-state index contributed by atoms with van der Waals surface area (Å²) in [5, 5.41) is 3.33. The highest BCUT2D eigenvalue weighted by Gasteiger charge is 2.35. The molecule has 0 saturated carbocycles. The molecule has 2 aliphatic rings. The molecule has 108 valence electrons. The quantitative estimate of drug-likeness (QED) is 0.896. The predicted octanol–water partition coefficient (Wildman–Crippen LogP) is 2.38. The number of fused-ring (bicyclic) bond motifs is 1. The van der Waals surface area contributed by atoms with Gasteiger partial charge >= 0.3 is 0 Å². The molecule has 3 rings (SSSR count). The summed E-state index contributed by atoms with van der Waals surface area (Å²) in [5.41, 5.74) is 2.77. The standard InChI is InChI=1S/C17H24N2O/c1-12-10-18-11-15(12)17(20)19(2)16-9-5-7-13-6-3-4-8-14(13)16/h3-4,6,8,12,15-16,18H,5,7,9-11H2,1-2H3/t12-,15-,16?/m1/s1. The molecule has 20 heavy (non-hydrogen) atoms. The first kappa shape index (κ1) is 13.6. The lowest BCUT2D eigenvalue weighted by Gasteiger charge is -2.35. The van der Waals surface area contributed by atoms with Crippen molar-refractivity contribution in [1.29, 1.82) is 0 Å². The fourth-order valence-electron chi connectivity index (χ4n) is 3.69. The van der Waals surface area contributed by atoms with Crippen molar-refractivity contribution >= 4 is 5.91 Å². The van der Waals surface area contributed by atoms with E-state index in [1.807, 2.05) is 11.9 Å². The molecule has 1 N–H and O–H groups in total. The monoisotopic (exact) mass is 272 g/mol. The number of hydrogen-bond donors (Lipinski definition) is 1. The van der Waals surface area contributed by atoms with Crippen LogP contribution in [0.1, 0.15) is 36.9 Å². The first-order chi connectivity index (χ1) is 9.68. The highest BCUT2D eigenvalue weighted by molar-refractivity contribution is 5.80. The molecule has 1 saturated heterocycles. The van der Waals surface area contributed by atoms with Crippen molar-refractivity contribution in [2.45, 2.75) is 32.2 Å². The van der Waals surface area contributed by atoms with Gasteiger partial charge in [-0.3, -0.25) is 4.79 Å². The van der Waals surface area contributed by atoms with Gasteiger partial charge in [-0.15, -0.1) is 0 Å². The summed E-state index contributed by atoms with van der Waals surface area (Å²) in [4.78, 5) is 14.8. The molecule has 1 aromatic carbocycles. The topological polar surface area (TPSA) is 32.3 Å². The SMILES string of the molecule is C[C@@H]1CNC[C@H]1C(=O)N(C)C1CCCc2ccccc21. The van der Waals surface area contributed by atoms with Gasteiger partial charge in [0.05, 0.1) is 12.0 Å². The average Bonchev–Trinajstić information content (AvgIpc) is 2.91.